The minimum absolute atomic E-state index is 0.773. The molecule has 0 unspecified atom stereocenters. The van der Waals surface area contributed by atoms with E-state index in [0.29, 0.717) is 0 Å². The van der Waals surface area contributed by atoms with Gasteiger partial charge in [-0.1, -0.05) is 72.3 Å². The maximum absolute atomic E-state index is 4.98. The van der Waals surface area contributed by atoms with E-state index in [1.165, 1.54) is 11.1 Å². The van der Waals surface area contributed by atoms with Crippen LogP contribution in [0.4, 0.5) is 5.82 Å². The van der Waals surface area contributed by atoms with Crippen LogP contribution >= 0.6 is 0 Å². The van der Waals surface area contributed by atoms with Crippen molar-refractivity contribution in [2.45, 2.75) is 20.4 Å². The zero-order valence-electron chi connectivity index (χ0n) is 15.8. The Labute approximate surface area is 160 Å². The van der Waals surface area contributed by atoms with Crippen molar-refractivity contribution in [1.29, 1.82) is 0 Å². The van der Waals surface area contributed by atoms with Gasteiger partial charge in [0.15, 0.2) is 5.82 Å². The summed E-state index contributed by atoms with van der Waals surface area (Å²) in [7, 11) is 0. The number of hydrogen-bond acceptors (Lipinski definition) is 3. The molecule has 0 fully saturated rings. The van der Waals surface area contributed by atoms with Gasteiger partial charge in [-0.15, -0.1) is 0 Å². The van der Waals surface area contributed by atoms with Gasteiger partial charge in [0.2, 0.25) is 0 Å². The minimum Gasteiger partial charge on any atom is -0.352 e. The van der Waals surface area contributed by atoms with Crippen LogP contribution in [0, 0.1) is 6.92 Å². The molecule has 0 saturated heterocycles. The van der Waals surface area contributed by atoms with Crippen molar-refractivity contribution in [1.82, 2.24) is 9.97 Å². The summed E-state index contributed by atoms with van der Waals surface area (Å²) in [5.41, 5.74) is 4.53. The number of hydrogen-bond donors (Lipinski definition) is 0. The summed E-state index contributed by atoms with van der Waals surface area (Å²) in [4.78, 5) is 12.1. The molecule has 3 nitrogen and oxygen atoms in total. The van der Waals surface area contributed by atoms with Gasteiger partial charge in [0.05, 0.1) is 5.52 Å². The van der Waals surface area contributed by atoms with E-state index in [9.17, 15) is 0 Å². The molecule has 0 amide bonds. The van der Waals surface area contributed by atoms with E-state index < -0.39 is 0 Å². The van der Waals surface area contributed by atoms with Crippen LogP contribution in [-0.4, -0.2) is 16.5 Å². The summed E-state index contributed by atoms with van der Waals surface area (Å²) in [6.45, 7) is 5.97. The molecule has 0 aliphatic heterocycles. The lowest BCUT2D eigenvalue weighted by molar-refractivity contribution is 0.817. The van der Waals surface area contributed by atoms with Crippen LogP contribution in [0.15, 0.2) is 78.9 Å². The molecular formula is C24H23N3. The van der Waals surface area contributed by atoms with Crippen molar-refractivity contribution < 1.29 is 0 Å². The highest BCUT2D eigenvalue weighted by atomic mass is 15.2. The smallest absolute Gasteiger partial charge is 0.162 e. The molecule has 0 spiro atoms. The van der Waals surface area contributed by atoms with Gasteiger partial charge >= 0.3 is 0 Å². The van der Waals surface area contributed by atoms with Gasteiger partial charge in [-0.25, -0.2) is 9.97 Å². The average molecular weight is 353 g/mol. The number of aromatic nitrogens is 2. The Morgan fingerprint density at radius 1 is 0.778 bits per heavy atom. The monoisotopic (exact) mass is 353 g/mol. The SMILES string of the molecule is CCN(Cc1ccccc1)c1nc(-c2ccc(C)cc2)nc2ccccc12. The third kappa shape index (κ3) is 3.68. The first-order chi connectivity index (χ1) is 13.2. The van der Waals surface area contributed by atoms with Crippen LogP contribution in [0.3, 0.4) is 0 Å². The Morgan fingerprint density at radius 2 is 1.48 bits per heavy atom. The first-order valence-electron chi connectivity index (χ1n) is 9.37. The standard InChI is InChI=1S/C24H23N3/c1-3-27(17-19-9-5-4-6-10-19)24-21-11-7-8-12-22(21)25-23(26-24)20-15-13-18(2)14-16-20/h4-16H,3,17H2,1-2H3. The van der Waals surface area contributed by atoms with Gasteiger partial charge in [0.1, 0.15) is 5.82 Å². The van der Waals surface area contributed by atoms with E-state index in [1.807, 2.05) is 6.07 Å². The molecule has 0 saturated carbocycles. The first kappa shape index (κ1) is 17.2. The fourth-order valence-corrected chi connectivity index (χ4v) is 3.27. The molecular weight excluding hydrogens is 330 g/mol. The molecule has 0 N–H and O–H groups in total. The van der Waals surface area contributed by atoms with E-state index in [0.717, 1.165) is 41.2 Å². The molecule has 0 atom stereocenters. The summed E-state index contributed by atoms with van der Waals surface area (Å²) in [6, 6.07) is 27.2. The highest BCUT2D eigenvalue weighted by Gasteiger charge is 2.14. The van der Waals surface area contributed by atoms with E-state index in [4.69, 9.17) is 9.97 Å². The second-order valence-corrected chi connectivity index (χ2v) is 6.75. The molecule has 1 heterocycles. The lowest BCUT2D eigenvalue weighted by atomic mass is 10.1. The number of aryl methyl sites for hydroxylation is 1. The summed E-state index contributed by atoms with van der Waals surface area (Å²) >= 11 is 0. The zero-order chi connectivity index (χ0) is 18.6. The number of benzene rings is 3. The van der Waals surface area contributed by atoms with Crippen LogP contribution in [0.25, 0.3) is 22.3 Å². The molecule has 4 rings (SSSR count). The molecule has 0 aliphatic carbocycles. The number of anilines is 1. The second kappa shape index (κ2) is 7.58. The lowest BCUT2D eigenvalue weighted by Gasteiger charge is -2.24. The van der Waals surface area contributed by atoms with Gasteiger partial charge in [-0.2, -0.15) is 0 Å². The van der Waals surface area contributed by atoms with Crippen molar-refractivity contribution in [2.75, 3.05) is 11.4 Å². The summed E-state index contributed by atoms with van der Waals surface area (Å²) < 4.78 is 0. The van der Waals surface area contributed by atoms with E-state index in [2.05, 4.69) is 91.5 Å². The number of nitrogens with zero attached hydrogens (tertiary/aromatic N) is 3. The molecule has 0 radical (unpaired) electrons. The van der Waals surface area contributed by atoms with E-state index in [-0.39, 0.29) is 0 Å². The van der Waals surface area contributed by atoms with Crippen LogP contribution < -0.4 is 4.90 Å². The Bertz CT molecular complexity index is 1040. The normalized spacial score (nSPS) is 10.9. The predicted octanol–water partition coefficient (Wildman–Crippen LogP) is 5.63. The molecule has 27 heavy (non-hydrogen) atoms. The quantitative estimate of drug-likeness (QED) is 0.465. The van der Waals surface area contributed by atoms with Crippen molar-refractivity contribution in [2.24, 2.45) is 0 Å². The van der Waals surface area contributed by atoms with Gasteiger partial charge in [-0.05, 0) is 31.5 Å². The van der Waals surface area contributed by atoms with Gasteiger partial charge in [-0.3, -0.25) is 0 Å². The van der Waals surface area contributed by atoms with Gasteiger partial charge in [0, 0.05) is 24.0 Å². The Kier molecular flexibility index (Phi) is 4.84. The molecule has 1 aromatic heterocycles. The fraction of sp³-hybridized carbons (Fsp3) is 0.167. The molecule has 3 heteroatoms. The third-order valence-electron chi connectivity index (χ3n) is 4.79. The zero-order valence-corrected chi connectivity index (χ0v) is 15.8. The number of rotatable bonds is 5. The maximum Gasteiger partial charge on any atom is 0.162 e. The van der Waals surface area contributed by atoms with E-state index >= 15 is 0 Å². The second-order valence-electron chi connectivity index (χ2n) is 6.75. The van der Waals surface area contributed by atoms with Gasteiger partial charge < -0.3 is 4.90 Å². The number of para-hydroxylation sites is 1. The fourth-order valence-electron chi connectivity index (χ4n) is 3.27. The van der Waals surface area contributed by atoms with E-state index in [1.54, 1.807) is 0 Å². The largest absolute Gasteiger partial charge is 0.352 e. The van der Waals surface area contributed by atoms with Crippen molar-refractivity contribution in [3.05, 3.63) is 90.0 Å². The lowest BCUT2D eigenvalue weighted by Crippen LogP contribution is -2.23. The maximum atomic E-state index is 4.98. The molecule has 0 bridgehead atoms. The molecule has 3 aromatic carbocycles. The highest BCUT2D eigenvalue weighted by Crippen LogP contribution is 2.28. The number of fused-ring (bicyclic) bond motifs is 1. The Balaban J connectivity index is 1.83. The Morgan fingerprint density at radius 3 is 2.22 bits per heavy atom. The molecule has 0 aliphatic rings. The predicted molar refractivity (Wildman–Crippen MR) is 113 cm³/mol. The summed E-state index contributed by atoms with van der Waals surface area (Å²) in [6.07, 6.45) is 0. The van der Waals surface area contributed by atoms with Crippen LogP contribution in [0.5, 0.6) is 0 Å². The van der Waals surface area contributed by atoms with Crippen molar-refractivity contribution in [3.8, 4) is 11.4 Å². The third-order valence-corrected chi connectivity index (χ3v) is 4.79. The van der Waals surface area contributed by atoms with Crippen LogP contribution in [-0.2, 0) is 6.54 Å². The molecule has 134 valence electrons. The summed E-state index contributed by atoms with van der Waals surface area (Å²) in [5, 5.41) is 1.09. The Hall–Kier alpha value is -3.20. The topological polar surface area (TPSA) is 29.0 Å². The first-order valence-corrected chi connectivity index (χ1v) is 9.37. The van der Waals surface area contributed by atoms with Crippen molar-refractivity contribution >= 4 is 16.7 Å². The van der Waals surface area contributed by atoms with Crippen LogP contribution in [0.2, 0.25) is 0 Å². The van der Waals surface area contributed by atoms with Crippen LogP contribution in [0.1, 0.15) is 18.1 Å². The highest BCUT2D eigenvalue weighted by molar-refractivity contribution is 5.91. The van der Waals surface area contributed by atoms with Gasteiger partial charge in [0.25, 0.3) is 0 Å². The minimum atomic E-state index is 0.773. The summed E-state index contributed by atoms with van der Waals surface area (Å²) in [5.74, 6) is 1.76. The molecule has 4 aromatic rings. The average Bonchev–Trinajstić information content (AvgIpc) is 2.72. The van der Waals surface area contributed by atoms with Crippen molar-refractivity contribution in [3.63, 3.8) is 0 Å².